The van der Waals surface area contributed by atoms with Crippen LogP contribution in [-0.4, -0.2) is 14.8 Å². The minimum Gasteiger partial charge on any atom is -0.246 e. The smallest absolute Gasteiger partial charge is 0.138 e. The topological polar surface area (TPSA) is 54.5 Å². The molecule has 1 saturated carbocycles. The number of fused-ring (bicyclic) bond motifs is 3. The van der Waals surface area contributed by atoms with Crippen molar-refractivity contribution in [2.45, 2.75) is 56.9 Å². The van der Waals surface area contributed by atoms with Gasteiger partial charge in [0.25, 0.3) is 0 Å². The lowest BCUT2D eigenvalue weighted by atomic mass is 9.80. The molecule has 3 unspecified atom stereocenters. The fraction of sp³-hybridized carbons (Fsp3) is 0.769. The van der Waals surface area contributed by atoms with Crippen LogP contribution in [0.1, 0.15) is 62.7 Å². The molecule has 1 aliphatic heterocycles. The molecular formula is C13H18N4. The molecule has 1 fully saturated rings. The molecule has 4 nitrogen and oxygen atoms in total. The van der Waals surface area contributed by atoms with Crippen LogP contribution in [0.5, 0.6) is 0 Å². The van der Waals surface area contributed by atoms with Crippen LogP contribution < -0.4 is 0 Å². The molecule has 1 aromatic heterocycles. The Hall–Kier alpha value is -1.37. The van der Waals surface area contributed by atoms with E-state index in [1.54, 1.807) is 6.33 Å². The van der Waals surface area contributed by atoms with Gasteiger partial charge in [0.2, 0.25) is 0 Å². The summed E-state index contributed by atoms with van der Waals surface area (Å²) in [7, 11) is 0. The van der Waals surface area contributed by atoms with Gasteiger partial charge in [0, 0.05) is 12.3 Å². The van der Waals surface area contributed by atoms with Crippen molar-refractivity contribution < 1.29 is 0 Å². The Morgan fingerprint density at radius 2 is 2.12 bits per heavy atom. The van der Waals surface area contributed by atoms with Crippen LogP contribution in [0.2, 0.25) is 0 Å². The molecule has 4 heteroatoms. The van der Waals surface area contributed by atoms with E-state index in [4.69, 9.17) is 5.26 Å². The molecule has 2 aliphatic rings. The third kappa shape index (κ3) is 1.74. The van der Waals surface area contributed by atoms with Crippen molar-refractivity contribution in [2.24, 2.45) is 5.92 Å². The number of rotatable bonds is 1. The maximum absolute atomic E-state index is 9.00. The Balaban J connectivity index is 1.92. The fourth-order valence-electron chi connectivity index (χ4n) is 3.58. The summed E-state index contributed by atoms with van der Waals surface area (Å²) in [6.45, 7) is 0. The van der Waals surface area contributed by atoms with E-state index in [9.17, 15) is 0 Å². The van der Waals surface area contributed by atoms with E-state index in [0.717, 1.165) is 5.82 Å². The van der Waals surface area contributed by atoms with Crippen LogP contribution in [0, 0.1) is 17.2 Å². The maximum Gasteiger partial charge on any atom is 0.138 e. The largest absolute Gasteiger partial charge is 0.246 e. The molecule has 3 atom stereocenters. The Labute approximate surface area is 102 Å². The minimum atomic E-state index is 0.325. The van der Waals surface area contributed by atoms with E-state index in [1.165, 1.54) is 38.5 Å². The van der Waals surface area contributed by atoms with Crippen molar-refractivity contribution in [3.05, 3.63) is 12.2 Å². The highest BCUT2D eigenvalue weighted by Gasteiger charge is 2.41. The van der Waals surface area contributed by atoms with E-state index in [2.05, 4.69) is 20.8 Å². The molecule has 0 saturated heterocycles. The summed E-state index contributed by atoms with van der Waals surface area (Å²) < 4.78 is 2.11. The zero-order valence-corrected chi connectivity index (χ0v) is 10.0. The quantitative estimate of drug-likeness (QED) is 0.745. The predicted octanol–water partition coefficient (Wildman–Crippen LogP) is 2.80. The van der Waals surface area contributed by atoms with Crippen LogP contribution in [0.3, 0.4) is 0 Å². The van der Waals surface area contributed by atoms with Crippen LogP contribution in [0.15, 0.2) is 6.33 Å². The lowest BCUT2D eigenvalue weighted by molar-refractivity contribution is 0.261. The van der Waals surface area contributed by atoms with Crippen molar-refractivity contribution in [1.29, 1.82) is 5.26 Å². The van der Waals surface area contributed by atoms with Gasteiger partial charge in [0.1, 0.15) is 12.2 Å². The highest BCUT2D eigenvalue weighted by molar-refractivity contribution is 5.11. The molecule has 0 bridgehead atoms. The van der Waals surface area contributed by atoms with Crippen LogP contribution in [0.4, 0.5) is 0 Å². The molecule has 17 heavy (non-hydrogen) atoms. The number of aromatic nitrogens is 3. The van der Waals surface area contributed by atoms with E-state index < -0.39 is 0 Å². The normalized spacial score (nSPS) is 32.1. The van der Waals surface area contributed by atoms with Gasteiger partial charge in [-0.05, 0) is 18.8 Å². The monoisotopic (exact) mass is 230 g/mol. The minimum absolute atomic E-state index is 0.325. The fourth-order valence-corrected chi connectivity index (χ4v) is 3.58. The third-order valence-corrected chi connectivity index (χ3v) is 4.36. The van der Waals surface area contributed by atoms with Gasteiger partial charge in [-0.3, -0.25) is 0 Å². The molecule has 0 radical (unpaired) electrons. The first kappa shape index (κ1) is 10.8. The molecule has 90 valence electrons. The first-order valence-corrected chi connectivity index (χ1v) is 6.68. The standard InChI is InChI=1S/C13H18N4/c14-8-7-11-10-5-3-1-2-4-6-12(10)17-13(11)15-9-16-17/h9-12H,1-7H2. The van der Waals surface area contributed by atoms with Gasteiger partial charge in [-0.15, -0.1) is 0 Å². The van der Waals surface area contributed by atoms with Gasteiger partial charge in [-0.2, -0.15) is 10.4 Å². The van der Waals surface area contributed by atoms with Gasteiger partial charge in [0.05, 0.1) is 12.1 Å². The van der Waals surface area contributed by atoms with Gasteiger partial charge in [-0.25, -0.2) is 9.67 Å². The highest BCUT2D eigenvalue weighted by Crippen LogP contribution is 2.47. The number of nitriles is 1. The van der Waals surface area contributed by atoms with E-state index >= 15 is 0 Å². The molecule has 0 aromatic carbocycles. The Morgan fingerprint density at radius 1 is 1.29 bits per heavy atom. The van der Waals surface area contributed by atoms with Crippen molar-refractivity contribution in [3.8, 4) is 6.07 Å². The van der Waals surface area contributed by atoms with Crippen molar-refractivity contribution in [3.63, 3.8) is 0 Å². The molecule has 3 rings (SSSR count). The Morgan fingerprint density at radius 3 is 2.94 bits per heavy atom. The lowest BCUT2D eigenvalue weighted by Crippen LogP contribution is -2.18. The molecule has 1 aromatic rings. The summed E-state index contributed by atoms with van der Waals surface area (Å²) >= 11 is 0. The molecule has 1 aliphatic carbocycles. The van der Waals surface area contributed by atoms with E-state index in [-0.39, 0.29) is 0 Å². The predicted molar refractivity (Wildman–Crippen MR) is 63.2 cm³/mol. The van der Waals surface area contributed by atoms with Gasteiger partial charge >= 0.3 is 0 Å². The maximum atomic E-state index is 9.00. The number of hydrogen-bond acceptors (Lipinski definition) is 3. The third-order valence-electron chi connectivity index (χ3n) is 4.36. The summed E-state index contributed by atoms with van der Waals surface area (Å²) in [6, 6.07) is 2.83. The van der Waals surface area contributed by atoms with Crippen LogP contribution in [-0.2, 0) is 0 Å². The van der Waals surface area contributed by atoms with Gasteiger partial charge < -0.3 is 0 Å². The van der Waals surface area contributed by atoms with E-state index in [1.807, 2.05) is 0 Å². The number of hydrogen-bond donors (Lipinski definition) is 0. The van der Waals surface area contributed by atoms with Crippen molar-refractivity contribution in [1.82, 2.24) is 14.8 Å². The first-order valence-electron chi connectivity index (χ1n) is 6.68. The average Bonchev–Trinajstić information content (AvgIpc) is 2.83. The van der Waals surface area contributed by atoms with Crippen molar-refractivity contribution in [2.75, 3.05) is 0 Å². The summed E-state index contributed by atoms with van der Waals surface area (Å²) in [5.74, 6) is 1.99. The zero-order chi connectivity index (χ0) is 11.7. The lowest BCUT2D eigenvalue weighted by Gasteiger charge is -2.25. The van der Waals surface area contributed by atoms with Crippen LogP contribution in [0.25, 0.3) is 0 Å². The SMILES string of the molecule is N#CCC1c2ncnn2C2CCCCCCC12. The Bertz CT molecular complexity index is 431. The molecule has 0 spiro atoms. The Kier molecular flexibility index (Phi) is 2.84. The second-order valence-electron chi connectivity index (χ2n) is 5.25. The molecule has 2 heterocycles. The molecule has 0 N–H and O–H groups in total. The van der Waals surface area contributed by atoms with Gasteiger partial charge in [-0.1, -0.05) is 25.7 Å². The summed E-state index contributed by atoms with van der Waals surface area (Å²) in [5.41, 5.74) is 0. The summed E-state index contributed by atoms with van der Waals surface area (Å²) in [5, 5.41) is 13.4. The zero-order valence-electron chi connectivity index (χ0n) is 10.0. The molecule has 0 amide bonds. The second kappa shape index (κ2) is 4.48. The summed E-state index contributed by atoms with van der Waals surface area (Å²) in [6.07, 6.45) is 9.97. The van der Waals surface area contributed by atoms with Crippen molar-refractivity contribution >= 4 is 0 Å². The number of nitrogens with zero attached hydrogens (tertiary/aromatic N) is 4. The second-order valence-corrected chi connectivity index (χ2v) is 5.25. The molecular weight excluding hydrogens is 212 g/mol. The average molecular weight is 230 g/mol. The highest BCUT2D eigenvalue weighted by atomic mass is 15.4. The van der Waals surface area contributed by atoms with E-state index in [0.29, 0.717) is 24.3 Å². The first-order chi connectivity index (χ1) is 8.42. The summed E-state index contributed by atoms with van der Waals surface area (Å²) in [4.78, 5) is 4.38. The van der Waals surface area contributed by atoms with Crippen LogP contribution >= 0.6 is 0 Å². The van der Waals surface area contributed by atoms with Gasteiger partial charge in [0.15, 0.2) is 0 Å².